The van der Waals surface area contributed by atoms with Crippen LogP contribution in [0.1, 0.15) is 46.5 Å². The van der Waals surface area contributed by atoms with Crippen LogP contribution in [0.5, 0.6) is 0 Å². The topological polar surface area (TPSA) is 32.3 Å². The van der Waals surface area contributed by atoms with Gasteiger partial charge in [0.15, 0.2) is 0 Å². The molecule has 15 heavy (non-hydrogen) atoms. The first-order valence-electron chi connectivity index (χ1n) is 6.21. The molecule has 1 fully saturated rings. The summed E-state index contributed by atoms with van der Waals surface area (Å²) in [6.07, 6.45) is 4.96. The number of amides is 1. The molecule has 2 atom stereocenters. The predicted molar refractivity (Wildman–Crippen MR) is 62.5 cm³/mol. The molecule has 1 aliphatic rings. The number of nitrogens with zero attached hydrogens (tertiary/aromatic N) is 1. The first kappa shape index (κ1) is 12.5. The van der Waals surface area contributed by atoms with E-state index in [2.05, 4.69) is 19.2 Å². The minimum Gasteiger partial charge on any atom is -0.328 e. The zero-order valence-electron chi connectivity index (χ0n) is 10.3. The number of carbonyl (C=O) groups excluding carboxylic acids is 1. The SMILES string of the molecule is CCCCC(CC)CN1CNC(C)C1=O. The average molecular weight is 212 g/mol. The summed E-state index contributed by atoms with van der Waals surface area (Å²) in [5.41, 5.74) is 0. The molecule has 0 saturated carbocycles. The summed E-state index contributed by atoms with van der Waals surface area (Å²) >= 11 is 0. The van der Waals surface area contributed by atoms with Crippen molar-refractivity contribution in [2.45, 2.75) is 52.5 Å². The van der Waals surface area contributed by atoms with Crippen LogP contribution >= 0.6 is 0 Å². The van der Waals surface area contributed by atoms with E-state index in [9.17, 15) is 4.79 Å². The third-order valence-corrected chi connectivity index (χ3v) is 3.29. The van der Waals surface area contributed by atoms with Crippen molar-refractivity contribution >= 4 is 5.91 Å². The first-order valence-corrected chi connectivity index (χ1v) is 6.21. The van der Waals surface area contributed by atoms with Gasteiger partial charge in [-0.2, -0.15) is 0 Å². The smallest absolute Gasteiger partial charge is 0.240 e. The van der Waals surface area contributed by atoms with Crippen LogP contribution in [0.25, 0.3) is 0 Å². The quantitative estimate of drug-likeness (QED) is 0.730. The van der Waals surface area contributed by atoms with Crippen molar-refractivity contribution in [3.63, 3.8) is 0 Å². The van der Waals surface area contributed by atoms with Crippen LogP contribution in [0.4, 0.5) is 0 Å². The van der Waals surface area contributed by atoms with Crippen LogP contribution < -0.4 is 5.32 Å². The van der Waals surface area contributed by atoms with Crippen LogP contribution in [0, 0.1) is 5.92 Å². The summed E-state index contributed by atoms with van der Waals surface area (Å²) in [6.45, 7) is 8.06. The lowest BCUT2D eigenvalue weighted by Crippen LogP contribution is -2.33. The van der Waals surface area contributed by atoms with E-state index in [0.717, 1.165) is 13.2 Å². The van der Waals surface area contributed by atoms with Gasteiger partial charge < -0.3 is 4.90 Å². The third kappa shape index (κ3) is 3.49. The van der Waals surface area contributed by atoms with Gasteiger partial charge in [0.05, 0.1) is 12.7 Å². The summed E-state index contributed by atoms with van der Waals surface area (Å²) in [5.74, 6) is 0.950. The highest BCUT2D eigenvalue weighted by Gasteiger charge is 2.28. The minimum absolute atomic E-state index is 0.0219. The monoisotopic (exact) mass is 212 g/mol. The molecule has 3 heteroatoms. The Morgan fingerprint density at radius 1 is 1.53 bits per heavy atom. The summed E-state index contributed by atoms with van der Waals surface area (Å²) < 4.78 is 0. The van der Waals surface area contributed by atoms with E-state index < -0.39 is 0 Å². The van der Waals surface area contributed by atoms with E-state index in [1.54, 1.807) is 0 Å². The zero-order chi connectivity index (χ0) is 11.3. The number of rotatable bonds is 6. The molecule has 1 rings (SSSR count). The van der Waals surface area contributed by atoms with Gasteiger partial charge in [0.25, 0.3) is 0 Å². The van der Waals surface area contributed by atoms with Crippen LogP contribution in [-0.4, -0.2) is 30.1 Å². The molecular weight excluding hydrogens is 188 g/mol. The third-order valence-electron chi connectivity index (χ3n) is 3.29. The molecule has 0 spiro atoms. The molecule has 1 saturated heterocycles. The fourth-order valence-electron chi connectivity index (χ4n) is 2.07. The van der Waals surface area contributed by atoms with E-state index in [1.165, 1.54) is 25.7 Å². The molecule has 0 aromatic rings. The molecule has 1 N–H and O–H groups in total. The van der Waals surface area contributed by atoms with Crippen molar-refractivity contribution in [3.05, 3.63) is 0 Å². The predicted octanol–water partition coefficient (Wildman–Crippen LogP) is 1.98. The van der Waals surface area contributed by atoms with Gasteiger partial charge in [-0.25, -0.2) is 0 Å². The number of unbranched alkanes of at least 4 members (excludes halogenated alkanes) is 1. The second kappa shape index (κ2) is 6.11. The Morgan fingerprint density at radius 3 is 2.73 bits per heavy atom. The molecule has 0 aromatic carbocycles. The molecule has 0 bridgehead atoms. The van der Waals surface area contributed by atoms with E-state index in [-0.39, 0.29) is 11.9 Å². The van der Waals surface area contributed by atoms with E-state index in [1.807, 2.05) is 11.8 Å². The number of nitrogens with one attached hydrogen (secondary N) is 1. The Morgan fingerprint density at radius 2 is 2.27 bits per heavy atom. The lowest BCUT2D eigenvalue weighted by molar-refractivity contribution is -0.129. The summed E-state index contributed by atoms with van der Waals surface area (Å²) in [6, 6.07) is 0.0219. The van der Waals surface area contributed by atoms with Crippen molar-refractivity contribution in [1.29, 1.82) is 0 Å². The molecule has 88 valence electrons. The van der Waals surface area contributed by atoms with Gasteiger partial charge in [-0.3, -0.25) is 10.1 Å². The maximum absolute atomic E-state index is 11.7. The Labute approximate surface area is 93.2 Å². The lowest BCUT2D eigenvalue weighted by atomic mass is 9.99. The Kier molecular flexibility index (Phi) is 5.09. The van der Waals surface area contributed by atoms with Gasteiger partial charge in [0, 0.05) is 6.54 Å². The highest BCUT2D eigenvalue weighted by atomic mass is 16.2. The lowest BCUT2D eigenvalue weighted by Gasteiger charge is -2.22. The maximum atomic E-state index is 11.7. The average Bonchev–Trinajstić information content (AvgIpc) is 2.55. The van der Waals surface area contributed by atoms with Gasteiger partial charge in [0.1, 0.15) is 0 Å². The van der Waals surface area contributed by atoms with Crippen molar-refractivity contribution < 1.29 is 4.79 Å². The zero-order valence-corrected chi connectivity index (χ0v) is 10.3. The highest BCUT2D eigenvalue weighted by molar-refractivity contribution is 5.83. The Balaban J connectivity index is 2.35. The van der Waals surface area contributed by atoms with Crippen LogP contribution in [0.3, 0.4) is 0 Å². The second-order valence-electron chi connectivity index (χ2n) is 4.56. The summed E-state index contributed by atoms with van der Waals surface area (Å²) in [4.78, 5) is 13.7. The summed E-state index contributed by atoms with van der Waals surface area (Å²) in [5, 5.41) is 3.18. The summed E-state index contributed by atoms with van der Waals surface area (Å²) in [7, 11) is 0. The van der Waals surface area contributed by atoms with E-state index in [0.29, 0.717) is 5.92 Å². The first-order chi connectivity index (χ1) is 7.19. The van der Waals surface area contributed by atoms with Gasteiger partial charge in [-0.1, -0.05) is 33.1 Å². The van der Waals surface area contributed by atoms with Crippen molar-refractivity contribution in [1.82, 2.24) is 10.2 Å². The van der Waals surface area contributed by atoms with Gasteiger partial charge >= 0.3 is 0 Å². The fourth-order valence-corrected chi connectivity index (χ4v) is 2.07. The Hall–Kier alpha value is -0.570. The minimum atomic E-state index is 0.0219. The molecule has 1 aliphatic heterocycles. The van der Waals surface area contributed by atoms with Gasteiger partial charge in [-0.15, -0.1) is 0 Å². The molecule has 3 nitrogen and oxygen atoms in total. The molecule has 0 aliphatic carbocycles. The molecule has 1 amide bonds. The van der Waals surface area contributed by atoms with E-state index >= 15 is 0 Å². The highest BCUT2D eigenvalue weighted by Crippen LogP contribution is 2.16. The van der Waals surface area contributed by atoms with Gasteiger partial charge in [0.2, 0.25) is 5.91 Å². The van der Waals surface area contributed by atoms with Crippen LogP contribution in [0.15, 0.2) is 0 Å². The van der Waals surface area contributed by atoms with Crippen molar-refractivity contribution in [3.8, 4) is 0 Å². The normalized spacial score (nSPS) is 23.5. The maximum Gasteiger partial charge on any atom is 0.240 e. The van der Waals surface area contributed by atoms with Crippen LogP contribution in [-0.2, 0) is 4.79 Å². The molecule has 1 heterocycles. The largest absolute Gasteiger partial charge is 0.328 e. The standard InChI is InChI=1S/C12H24N2O/c1-4-6-7-11(5-2)8-14-9-13-10(3)12(14)15/h10-11,13H,4-9H2,1-3H3. The van der Waals surface area contributed by atoms with Gasteiger partial charge in [-0.05, 0) is 19.3 Å². The molecule has 0 aromatic heterocycles. The van der Waals surface area contributed by atoms with Crippen LogP contribution in [0.2, 0.25) is 0 Å². The fraction of sp³-hybridized carbons (Fsp3) is 0.917. The Bertz CT molecular complexity index is 206. The number of hydrogen-bond donors (Lipinski definition) is 1. The number of carbonyl (C=O) groups is 1. The van der Waals surface area contributed by atoms with Crippen molar-refractivity contribution in [2.75, 3.05) is 13.2 Å². The number of hydrogen-bond acceptors (Lipinski definition) is 2. The molecule has 2 unspecified atom stereocenters. The van der Waals surface area contributed by atoms with E-state index in [4.69, 9.17) is 0 Å². The molecular formula is C12H24N2O. The molecule has 0 radical (unpaired) electrons. The second-order valence-corrected chi connectivity index (χ2v) is 4.56. The van der Waals surface area contributed by atoms with Crippen molar-refractivity contribution in [2.24, 2.45) is 5.92 Å².